The number of carbonyl (C=O) groups is 1. The van der Waals surface area contributed by atoms with Crippen LogP contribution < -0.4 is 15.9 Å². The molecule has 0 atom stereocenters. The predicted molar refractivity (Wildman–Crippen MR) is 86.4 cm³/mol. The van der Waals surface area contributed by atoms with E-state index in [-0.39, 0.29) is 17.3 Å². The van der Waals surface area contributed by atoms with Crippen LogP contribution in [0.25, 0.3) is 5.82 Å². The minimum absolute atomic E-state index is 0.0363. The highest BCUT2D eigenvalue weighted by molar-refractivity contribution is 5.94. The largest absolute Gasteiger partial charge is 0.496 e. The molecule has 2 aromatic heterocycles. The maximum Gasteiger partial charge on any atom is 0.293 e. The van der Waals surface area contributed by atoms with Crippen LogP contribution >= 0.6 is 0 Å². The number of nitrogens with one attached hydrogen (secondary N) is 1. The van der Waals surface area contributed by atoms with Crippen molar-refractivity contribution in [2.45, 2.75) is 6.92 Å². The average molecular weight is 342 g/mol. The van der Waals surface area contributed by atoms with Gasteiger partial charge in [0, 0.05) is 5.56 Å². The van der Waals surface area contributed by atoms with E-state index in [9.17, 15) is 4.79 Å². The molecule has 1 amide bonds. The number of nitrogens with two attached hydrogens (primary N) is 1. The summed E-state index contributed by atoms with van der Waals surface area (Å²) in [6.07, 6.45) is 1.47. The first-order valence-electron chi connectivity index (χ1n) is 7.09. The molecule has 0 saturated heterocycles. The van der Waals surface area contributed by atoms with Crippen LogP contribution in [-0.4, -0.2) is 44.5 Å². The Hall–Kier alpha value is -3.76. The van der Waals surface area contributed by atoms with E-state index in [1.54, 1.807) is 26.2 Å². The highest BCUT2D eigenvalue weighted by Crippen LogP contribution is 2.15. The first kappa shape index (κ1) is 16.1. The Morgan fingerprint density at radius 3 is 2.92 bits per heavy atom. The molecule has 0 saturated carbocycles. The molecule has 0 aliphatic rings. The van der Waals surface area contributed by atoms with Crippen molar-refractivity contribution in [2.24, 2.45) is 5.10 Å². The second-order valence-electron chi connectivity index (χ2n) is 4.85. The summed E-state index contributed by atoms with van der Waals surface area (Å²) >= 11 is 0. The van der Waals surface area contributed by atoms with Crippen LogP contribution in [0.15, 0.2) is 34.0 Å². The molecule has 2 heterocycles. The van der Waals surface area contributed by atoms with Crippen molar-refractivity contribution in [1.29, 1.82) is 0 Å². The normalized spacial score (nSPS) is 11.0. The van der Waals surface area contributed by atoms with Gasteiger partial charge in [0.1, 0.15) is 5.75 Å². The number of aromatic nitrogens is 5. The summed E-state index contributed by atoms with van der Waals surface area (Å²) in [6.45, 7) is 1.63. The topological polar surface area (TPSA) is 146 Å². The molecular weight excluding hydrogens is 328 g/mol. The molecule has 0 aliphatic heterocycles. The molecule has 11 heteroatoms. The van der Waals surface area contributed by atoms with Gasteiger partial charge in [-0.25, -0.2) is 10.1 Å². The molecule has 11 nitrogen and oxygen atoms in total. The predicted octanol–water partition coefficient (Wildman–Crippen LogP) is 0.313. The third-order valence-electron chi connectivity index (χ3n) is 3.31. The Morgan fingerprint density at radius 2 is 2.20 bits per heavy atom. The molecule has 0 unspecified atom stereocenters. The van der Waals surface area contributed by atoms with Gasteiger partial charge >= 0.3 is 0 Å². The molecule has 3 N–H and O–H groups in total. The standard InChI is InChI=1S/C14H14N8O3/c1-8-11(17-21-22(8)13-12(15)19-25-20-13)14(23)18-16-7-9-5-3-4-6-10(9)24-2/h3-7H,1-2H3,(H2,15,19)(H,18,23)/b16-7+. The van der Waals surface area contributed by atoms with Crippen molar-refractivity contribution in [2.75, 3.05) is 12.8 Å². The summed E-state index contributed by atoms with van der Waals surface area (Å²) in [6, 6.07) is 7.25. The summed E-state index contributed by atoms with van der Waals surface area (Å²) in [5.74, 6) is 0.289. The maximum absolute atomic E-state index is 12.2. The molecule has 0 radical (unpaired) electrons. The van der Waals surface area contributed by atoms with E-state index < -0.39 is 5.91 Å². The lowest BCUT2D eigenvalue weighted by molar-refractivity contribution is 0.0949. The molecule has 0 fully saturated rings. The van der Waals surface area contributed by atoms with Gasteiger partial charge in [0.2, 0.25) is 11.6 Å². The molecule has 1 aromatic carbocycles. The van der Waals surface area contributed by atoms with Gasteiger partial charge in [0.25, 0.3) is 5.91 Å². The van der Waals surface area contributed by atoms with Gasteiger partial charge in [0.15, 0.2) is 5.69 Å². The SMILES string of the molecule is COc1ccccc1/C=N/NC(=O)c1nnn(-c2nonc2N)c1C. The summed E-state index contributed by atoms with van der Waals surface area (Å²) in [5, 5.41) is 18.6. The molecule has 128 valence electrons. The Labute approximate surface area is 141 Å². The second-order valence-corrected chi connectivity index (χ2v) is 4.85. The fourth-order valence-corrected chi connectivity index (χ4v) is 2.06. The number of carbonyl (C=O) groups excluding carboxylic acids is 1. The monoisotopic (exact) mass is 342 g/mol. The number of hydrogen-bond donors (Lipinski definition) is 2. The lowest BCUT2D eigenvalue weighted by atomic mass is 10.2. The van der Waals surface area contributed by atoms with E-state index in [2.05, 4.69) is 35.8 Å². The number of benzene rings is 1. The number of anilines is 1. The zero-order valence-corrected chi connectivity index (χ0v) is 13.4. The van der Waals surface area contributed by atoms with Gasteiger partial charge in [0.05, 0.1) is 19.0 Å². The minimum atomic E-state index is -0.537. The van der Waals surface area contributed by atoms with Crippen molar-refractivity contribution < 1.29 is 14.2 Å². The van der Waals surface area contributed by atoms with Crippen LogP contribution in [0.3, 0.4) is 0 Å². The van der Waals surface area contributed by atoms with Crippen LogP contribution in [0.1, 0.15) is 21.7 Å². The van der Waals surface area contributed by atoms with E-state index in [0.717, 1.165) is 0 Å². The molecule has 25 heavy (non-hydrogen) atoms. The Bertz CT molecular complexity index is 930. The molecule has 0 bridgehead atoms. The van der Waals surface area contributed by atoms with Crippen LogP contribution in [0.4, 0.5) is 5.82 Å². The van der Waals surface area contributed by atoms with Gasteiger partial charge in [-0.15, -0.1) is 5.10 Å². The van der Waals surface area contributed by atoms with Gasteiger partial charge in [-0.3, -0.25) is 4.79 Å². The smallest absolute Gasteiger partial charge is 0.293 e. The van der Waals surface area contributed by atoms with Gasteiger partial charge in [-0.2, -0.15) is 9.78 Å². The zero-order chi connectivity index (χ0) is 17.8. The average Bonchev–Trinajstić information content (AvgIpc) is 3.20. The summed E-state index contributed by atoms with van der Waals surface area (Å²) in [4.78, 5) is 12.2. The molecule has 0 aliphatic carbocycles. The lowest BCUT2D eigenvalue weighted by Gasteiger charge is -2.03. The fraction of sp³-hybridized carbons (Fsp3) is 0.143. The summed E-state index contributed by atoms with van der Waals surface area (Å²) in [5.41, 5.74) is 9.18. The van der Waals surface area contributed by atoms with E-state index >= 15 is 0 Å². The van der Waals surface area contributed by atoms with Gasteiger partial charge < -0.3 is 10.5 Å². The van der Waals surface area contributed by atoms with Crippen molar-refractivity contribution in [3.05, 3.63) is 41.2 Å². The minimum Gasteiger partial charge on any atom is -0.496 e. The number of hydrazone groups is 1. The highest BCUT2D eigenvalue weighted by Gasteiger charge is 2.20. The lowest BCUT2D eigenvalue weighted by Crippen LogP contribution is -2.19. The maximum atomic E-state index is 12.2. The van der Waals surface area contributed by atoms with E-state index in [1.165, 1.54) is 10.9 Å². The summed E-state index contributed by atoms with van der Waals surface area (Å²) < 4.78 is 11.0. The number of methoxy groups -OCH3 is 1. The first-order valence-corrected chi connectivity index (χ1v) is 7.09. The number of hydrogen-bond acceptors (Lipinski definition) is 9. The molecular formula is C14H14N8O3. The van der Waals surface area contributed by atoms with Crippen molar-refractivity contribution in [1.82, 2.24) is 30.7 Å². The van der Waals surface area contributed by atoms with Crippen LogP contribution in [0.5, 0.6) is 5.75 Å². The highest BCUT2D eigenvalue weighted by atomic mass is 16.6. The Kier molecular flexibility index (Phi) is 4.37. The van der Waals surface area contributed by atoms with Crippen LogP contribution in [-0.2, 0) is 0 Å². The second kappa shape index (κ2) is 6.78. The summed E-state index contributed by atoms with van der Waals surface area (Å²) in [7, 11) is 1.55. The number of nitrogen functional groups attached to an aromatic ring is 1. The van der Waals surface area contributed by atoms with Gasteiger partial charge in [-0.1, -0.05) is 17.3 Å². The van der Waals surface area contributed by atoms with Crippen LogP contribution in [0.2, 0.25) is 0 Å². The zero-order valence-electron chi connectivity index (χ0n) is 13.4. The van der Waals surface area contributed by atoms with Gasteiger partial charge in [-0.05, 0) is 29.4 Å². The van der Waals surface area contributed by atoms with E-state index in [4.69, 9.17) is 10.5 Å². The Morgan fingerprint density at radius 1 is 1.40 bits per heavy atom. The van der Waals surface area contributed by atoms with Crippen molar-refractivity contribution in [3.63, 3.8) is 0 Å². The van der Waals surface area contributed by atoms with Crippen LogP contribution in [0, 0.1) is 6.92 Å². The van der Waals surface area contributed by atoms with Crippen molar-refractivity contribution >= 4 is 17.9 Å². The Balaban J connectivity index is 1.75. The third-order valence-corrected chi connectivity index (χ3v) is 3.31. The number of ether oxygens (including phenoxy) is 1. The third kappa shape index (κ3) is 3.15. The molecule has 3 rings (SSSR count). The number of rotatable bonds is 5. The van der Waals surface area contributed by atoms with E-state index in [1.807, 2.05) is 12.1 Å². The fourth-order valence-electron chi connectivity index (χ4n) is 2.06. The first-order chi connectivity index (χ1) is 12.1. The molecule has 3 aromatic rings. The van der Waals surface area contributed by atoms with Crippen molar-refractivity contribution in [3.8, 4) is 11.6 Å². The quantitative estimate of drug-likeness (QED) is 0.497. The number of nitrogens with zero attached hydrogens (tertiary/aromatic N) is 6. The van der Waals surface area contributed by atoms with E-state index in [0.29, 0.717) is 17.0 Å². The molecule has 0 spiro atoms. The number of amides is 1. The number of para-hydroxylation sites is 1.